The molecular formula is C18H21ClN2O7. The monoisotopic (exact) mass is 412 g/mol. The molecule has 28 heavy (non-hydrogen) atoms. The van der Waals surface area contributed by atoms with E-state index in [4.69, 9.17) is 30.9 Å². The Bertz CT molecular complexity index is 822. The Morgan fingerprint density at radius 1 is 1.18 bits per heavy atom. The molecule has 152 valence electrons. The van der Waals surface area contributed by atoms with Crippen molar-refractivity contribution in [3.8, 4) is 11.5 Å². The number of urea groups is 1. The number of hydrogen-bond donors (Lipinski definition) is 3. The lowest BCUT2D eigenvalue weighted by Gasteiger charge is -2.29. The first-order valence-electron chi connectivity index (χ1n) is 8.54. The molecule has 0 fully saturated rings. The predicted octanol–water partition coefficient (Wildman–Crippen LogP) is 2.39. The maximum atomic E-state index is 12.4. The molecule has 0 spiro atoms. The molecule has 0 saturated carbocycles. The Kier molecular flexibility index (Phi) is 7.11. The van der Waals surface area contributed by atoms with Crippen LogP contribution in [0.5, 0.6) is 11.5 Å². The predicted molar refractivity (Wildman–Crippen MR) is 99.5 cm³/mol. The lowest BCUT2D eigenvalue weighted by atomic mass is 9.95. The molecule has 1 aliphatic heterocycles. The summed E-state index contributed by atoms with van der Waals surface area (Å²) in [5.74, 6) is -1.39. The highest BCUT2D eigenvalue weighted by Crippen LogP contribution is 2.39. The molecule has 0 aromatic heterocycles. The standard InChI is InChI=1S/C18H21ClN2O7/c1-4-26-12-6-10(11(19)7-13(12)28-8-14(22)23)16-15(17(24)27-5-2)9(3)20-18(25)21-16/h6-7,16H,4-5,8H2,1-3H3,(H,22,23)(H2,20,21,25)/t16-/m0/s1. The van der Waals surface area contributed by atoms with Crippen LogP contribution < -0.4 is 20.1 Å². The van der Waals surface area contributed by atoms with Crippen LogP contribution >= 0.6 is 11.6 Å². The second kappa shape index (κ2) is 9.32. The Balaban J connectivity index is 2.52. The zero-order valence-electron chi connectivity index (χ0n) is 15.6. The third-order valence-corrected chi connectivity index (χ3v) is 4.12. The van der Waals surface area contributed by atoms with Crippen molar-refractivity contribution in [2.24, 2.45) is 0 Å². The average Bonchev–Trinajstić information content (AvgIpc) is 2.61. The first-order chi connectivity index (χ1) is 13.3. The molecule has 10 heteroatoms. The summed E-state index contributed by atoms with van der Waals surface area (Å²) in [5, 5.41) is 14.2. The van der Waals surface area contributed by atoms with E-state index in [1.165, 1.54) is 12.1 Å². The van der Waals surface area contributed by atoms with Gasteiger partial charge in [-0.2, -0.15) is 0 Å². The van der Waals surface area contributed by atoms with Gasteiger partial charge in [-0.1, -0.05) is 11.6 Å². The first kappa shape index (κ1) is 21.4. The van der Waals surface area contributed by atoms with E-state index in [1.54, 1.807) is 20.8 Å². The number of benzene rings is 1. The number of carboxylic acids is 1. The summed E-state index contributed by atoms with van der Waals surface area (Å²) in [6, 6.07) is 1.51. The molecule has 3 N–H and O–H groups in total. The molecule has 0 radical (unpaired) electrons. The lowest BCUT2D eigenvalue weighted by Crippen LogP contribution is -2.45. The molecule has 0 saturated heterocycles. The van der Waals surface area contributed by atoms with E-state index in [2.05, 4.69) is 10.6 Å². The number of carbonyl (C=O) groups excluding carboxylic acids is 2. The van der Waals surface area contributed by atoms with Crippen molar-refractivity contribution in [2.45, 2.75) is 26.8 Å². The molecule has 1 aliphatic rings. The highest BCUT2D eigenvalue weighted by molar-refractivity contribution is 6.31. The van der Waals surface area contributed by atoms with Crippen LogP contribution in [0.1, 0.15) is 32.4 Å². The molecule has 1 aromatic carbocycles. The summed E-state index contributed by atoms with van der Waals surface area (Å²) >= 11 is 6.36. The van der Waals surface area contributed by atoms with Gasteiger partial charge in [0.05, 0.1) is 29.9 Å². The van der Waals surface area contributed by atoms with Crippen molar-refractivity contribution in [1.82, 2.24) is 10.6 Å². The van der Waals surface area contributed by atoms with Gasteiger partial charge in [-0.05, 0) is 26.8 Å². The number of hydrogen-bond acceptors (Lipinski definition) is 6. The summed E-state index contributed by atoms with van der Waals surface area (Å²) in [6.45, 7) is 4.87. The number of carbonyl (C=O) groups is 3. The normalized spacial score (nSPS) is 16.1. The maximum Gasteiger partial charge on any atom is 0.341 e. The van der Waals surface area contributed by atoms with Crippen LogP contribution in [0.4, 0.5) is 4.79 Å². The van der Waals surface area contributed by atoms with Gasteiger partial charge in [0, 0.05) is 17.3 Å². The topological polar surface area (TPSA) is 123 Å². The quantitative estimate of drug-likeness (QED) is 0.560. The van der Waals surface area contributed by atoms with Crippen LogP contribution in [0.15, 0.2) is 23.4 Å². The summed E-state index contributed by atoms with van der Waals surface area (Å²) in [7, 11) is 0. The van der Waals surface area contributed by atoms with Gasteiger partial charge < -0.3 is 30.0 Å². The molecule has 0 aliphatic carbocycles. The summed E-state index contributed by atoms with van der Waals surface area (Å²) < 4.78 is 15.8. The van der Waals surface area contributed by atoms with E-state index in [9.17, 15) is 14.4 Å². The fourth-order valence-corrected chi connectivity index (χ4v) is 2.96. The van der Waals surface area contributed by atoms with Crippen LogP contribution in [0.2, 0.25) is 5.02 Å². The van der Waals surface area contributed by atoms with Gasteiger partial charge in [0.2, 0.25) is 0 Å². The van der Waals surface area contributed by atoms with Gasteiger partial charge in [0.25, 0.3) is 0 Å². The van der Waals surface area contributed by atoms with Crippen LogP contribution in [0.3, 0.4) is 0 Å². The van der Waals surface area contributed by atoms with E-state index in [0.29, 0.717) is 11.3 Å². The minimum atomic E-state index is -1.16. The fraction of sp³-hybridized carbons (Fsp3) is 0.389. The second-order valence-corrected chi connectivity index (χ2v) is 6.13. The largest absolute Gasteiger partial charge is 0.490 e. The summed E-state index contributed by atoms with van der Waals surface area (Å²) in [4.78, 5) is 35.2. The molecule has 0 unspecified atom stereocenters. The molecule has 9 nitrogen and oxygen atoms in total. The number of rotatable bonds is 8. The van der Waals surface area contributed by atoms with E-state index >= 15 is 0 Å². The van der Waals surface area contributed by atoms with Crippen molar-refractivity contribution < 1.29 is 33.7 Å². The molecule has 1 atom stereocenters. The summed E-state index contributed by atoms with van der Waals surface area (Å²) in [5.41, 5.74) is 0.919. The molecule has 1 aromatic rings. The zero-order valence-corrected chi connectivity index (χ0v) is 16.4. The van der Waals surface area contributed by atoms with Gasteiger partial charge >= 0.3 is 18.0 Å². The molecule has 2 amide bonds. The highest BCUT2D eigenvalue weighted by Gasteiger charge is 2.34. The molecule has 0 bridgehead atoms. The SMILES string of the molecule is CCOC(=O)C1=C(C)NC(=O)N[C@H]1c1cc(OCC)c(OCC(=O)O)cc1Cl. The Labute approximate surface area is 166 Å². The summed E-state index contributed by atoms with van der Waals surface area (Å²) in [6.07, 6.45) is 0. The van der Waals surface area contributed by atoms with E-state index in [0.717, 1.165) is 0 Å². The van der Waals surface area contributed by atoms with Crippen molar-refractivity contribution in [3.05, 3.63) is 34.0 Å². The smallest absolute Gasteiger partial charge is 0.341 e. The number of aliphatic carboxylic acids is 1. The minimum Gasteiger partial charge on any atom is -0.490 e. The van der Waals surface area contributed by atoms with E-state index < -0.39 is 30.6 Å². The van der Waals surface area contributed by atoms with Gasteiger partial charge in [-0.15, -0.1) is 0 Å². The number of ether oxygens (including phenoxy) is 3. The van der Waals surface area contributed by atoms with Crippen LogP contribution in [-0.4, -0.2) is 42.9 Å². The van der Waals surface area contributed by atoms with Crippen molar-refractivity contribution >= 4 is 29.6 Å². The number of allylic oxidation sites excluding steroid dienone is 1. The van der Waals surface area contributed by atoms with Crippen LogP contribution in [0.25, 0.3) is 0 Å². The molecule has 2 rings (SSSR count). The number of nitrogens with one attached hydrogen (secondary N) is 2. The van der Waals surface area contributed by atoms with Gasteiger partial charge in [0.15, 0.2) is 18.1 Å². The van der Waals surface area contributed by atoms with Crippen molar-refractivity contribution in [1.29, 1.82) is 0 Å². The van der Waals surface area contributed by atoms with Gasteiger partial charge in [-0.25, -0.2) is 14.4 Å². The second-order valence-electron chi connectivity index (χ2n) is 5.73. The Morgan fingerprint density at radius 3 is 2.46 bits per heavy atom. The fourth-order valence-electron chi connectivity index (χ4n) is 2.70. The lowest BCUT2D eigenvalue weighted by molar-refractivity contribution is -0.140. The third kappa shape index (κ3) is 4.86. The Hall–Kier alpha value is -2.94. The van der Waals surface area contributed by atoms with Crippen LogP contribution in [-0.2, 0) is 14.3 Å². The third-order valence-electron chi connectivity index (χ3n) is 3.79. The average molecular weight is 413 g/mol. The van der Waals surface area contributed by atoms with Gasteiger partial charge in [-0.3, -0.25) is 0 Å². The first-order valence-corrected chi connectivity index (χ1v) is 8.92. The zero-order chi connectivity index (χ0) is 20.8. The van der Waals surface area contributed by atoms with Crippen molar-refractivity contribution in [2.75, 3.05) is 19.8 Å². The number of carboxylic acid groups (broad SMARTS) is 1. The van der Waals surface area contributed by atoms with Crippen LogP contribution in [0, 0.1) is 0 Å². The molecular weight excluding hydrogens is 392 g/mol. The Morgan fingerprint density at radius 2 is 1.86 bits per heavy atom. The highest BCUT2D eigenvalue weighted by atomic mass is 35.5. The maximum absolute atomic E-state index is 12.4. The number of esters is 1. The van der Waals surface area contributed by atoms with Crippen molar-refractivity contribution in [3.63, 3.8) is 0 Å². The number of halogens is 1. The van der Waals surface area contributed by atoms with E-state index in [-0.39, 0.29) is 35.3 Å². The van der Waals surface area contributed by atoms with Gasteiger partial charge in [0.1, 0.15) is 0 Å². The van der Waals surface area contributed by atoms with E-state index in [1.807, 2.05) is 0 Å². The molecule has 1 heterocycles. The minimum absolute atomic E-state index is 0.136. The number of amides is 2.